The first-order valence-electron chi connectivity index (χ1n) is 12.3. The van der Waals surface area contributed by atoms with Gasteiger partial charge in [0.2, 0.25) is 0 Å². The van der Waals surface area contributed by atoms with Gasteiger partial charge in [-0.1, -0.05) is 66.2 Å². The van der Waals surface area contributed by atoms with Crippen LogP contribution < -0.4 is 0 Å². The summed E-state index contributed by atoms with van der Waals surface area (Å²) >= 11 is 6.07. The lowest BCUT2D eigenvalue weighted by Crippen LogP contribution is -2.49. The summed E-state index contributed by atoms with van der Waals surface area (Å²) in [4.78, 5) is 17.4. The number of ether oxygens (including phenoxy) is 1. The van der Waals surface area contributed by atoms with E-state index in [-0.39, 0.29) is 18.1 Å². The van der Waals surface area contributed by atoms with Crippen LogP contribution in [0, 0.1) is 11.6 Å². The highest BCUT2D eigenvalue weighted by atomic mass is 35.5. The minimum atomic E-state index is -0.629. The molecule has 1 saturated heterocycles. The predicted octanol–water partition coefficient (Wildman–Crippen LogP) is 6.49. The largest absolute Gasteiger partial charge is 0.367 e. The maximum Gasteiger partial charge on any atom is 0.254 e. The summed E-state index contributed by atoms with van der Waals surface area (Å²) in [5.74, 6) is -1.23. The van der Waals surface area contributed by atoms with Crippen LogP contribution in [0.25, 0.3) is 10.8 Å². The molecule has 0 saturated carbocycles. The van der Waals surface area contributed by atoms with Gasteiger partial charge in [0.1, 0.15) is 11.6 Å². The van der Waals surface area contributed by atoms with Crippen LogP contribution in [-0.2, 0) is 11.3 Å². The van der Waals surface area contributed by atoms with Gasteiger partial charge < -0.3 is 9.64 Å². The van der Waals surface area contributed by atoms with E-state index >= 15 is 0 Å². The van der Waals surface area contributed by atoms with E-state index in [1.165, 1.54) is 18.2 Å². The molecule has 0 N–H and O–H groups in total. The van der Waals surface area contributed by atoms with Gasteiger partial charge in [-0.05, 0) is 46.7 Å². The van der Waals surface area contributed by atoms with E-state index in [1.807, 2.05) is 59.5 Å². The summed E-state index contributed by atoms with van der Waals surface area (Å²) in [5, 5.41) is 2.60. The number of piperazine rings is 1. The van der Waals surface area contributed by atoms with Crippen molar-refractivity contribution in [2.24, 2.45) is 0 Å². The van der Waals surface area contributed by atoms with Crippen molar-refractivity contribution in [3.63, 3.8) is 0 Å². The van der Waals surface area contributed by atoms with Crippen LogP contribution in [0.3, 0.4) is 0 Å². The van der Waals surface area contributed by atoms with Crippen molar-refractivity contribution in [1.29, 1.82) is 0 Å². The lowest BCUT2D eigenvalue weighted by Gasteiger charge is -2.36. The normalized spacial score (nSPS) is 15.2. The maximum atomic E-state index is 14.2. The molecule has 0 aliphatic carbocycles. The Morgan fingerprint density at radius 1 is 0.838 bits per heavy atom. The van der Waals surface area contributed by atoms with E-state index in [4.69, 9.17) is 16.3 Å². The Kier molecular flexibility index (Phi) is 7.79. The number of fused-ring (bicyclic) bond motifs is 1. The van der Waals surface area contributed by atoms with Crippen molar-refractivity contribution < 1.29 is 18.3 Å². The number of hydrogen-bond donors (Lipinski definition) is 0. The fraction of sp³-hybridized carbons (Fsp3) is 0.233. The maximum absolute atomic E-state index is 14.2. The monoisotopic (exact) mass is 520 g/mol. The van der Waals surface area contributed by atoms with Crippen molar-refractivity contribution >= 4 is 28.3 Å². The van der Waals surface area contributed by atoms with Crippen LogP contribution >= 0.6 is 11.6 Å². The summed E-state index contributed by atoms with van der Waals surface area (Å²) in [6.45, 7) is 2.82. The summed E-state index contributed by atoms with van der Waals surface area (Å²) < 4.78 is 34.4. The first-order chi connectivity index (χ1) is 18.0. The van der Waals surface area contributed by atoms with Gasteiger partial charge in [0, 0.05) is 48.9 Å². The SMILES string of the molecule is O=C(c1cccc2ccccc12)N1CCN(C[C@@H](OCc2c(F)cccc2F)c2ccc(Cl)cc2)CC1. The van der Waals surface area contributed by atoms with Crippen molar-refractivity contribution in [2.75, 3.05) is 32.7 Å². The molecular weight excluding hydrogens is 494 g/mol. The van der Waals surface area contributed by atoms with Gasteiger partial charge in [0.05, 0.1) is 12.7 Å². The lowest BCUT2D eigenvalue weighted by molar-refractivity contribution is 0.00147. The standard InChI is InChI=1S/C30H27ClF2N2O2/c31-23-13-11-22(12-14-23)29(37-20-26-27(32)9-4-10-28(26)33)19-34-15-17-35(18-16-34)30(36)25-8-3-6-21-5-1-2-7-24(21)25/h1-14,29H,15-20H2/t29-/m1/s1. The molecular formula is C30H27ClF2N2O2. The van der Waals surface area contributed by atoms with E-state index in [9.17, 15) is 13.6 Å². The molecule has 4 aromatic rings. The summed E-state index contributed by atoms with van der Waals surface area (Å²) in [6.07, 6.45) is -0.420. The van der Waals surface area contributed by atoms with Gasteiger partial charge in [-0.25, -0.2) is 8.78 Å². The van der Waals surface area contributed by atoms with Crippen LogP contribution in [-0.4, -0.2) is 48.4 Å². The third-order valence-electron chi connectivity index (χ3n) is 6.84. The number of carbonyl (C=O) groups excluding carboxylic acids is 1. The molecule has 7 heteroatoms. The number of benzene rings is 4. The lowest BCUT2D eigenvalue weighted by atomic mass is 10.0. The molecule has 5 rings (SSSR count). The molecule has 0 bridgehead atoms. The predicted molar refractivity (Wildman–Crippen MR) is 142 cm³/mol. The smallest absolute Gasteiger partial charge is 0.254 e. The molecule has 1 aliphatic heterocycles. The number of halogens is 3. The molecule has 190 valence electrons. The van der Waals surface area contributed by atoms with Crippen molar-refractivity contribution in [2.45, 2.75) is 12.7 Å². The summed E-state index contributed by atoms with van der Waals surface area (Å²) in [5.41, 5.74) is 1.49. The number of nitrogens with zero attached hydrogens (tertiary/aromatic N) is 2. The zero-order chi connectivity index (χ0) is 25.8. The molecule has 1 atom stereocenters. The number of rotatable bonds is 7. The molecule has 37 heavy (non-hydrogen) atoms. The average Bonchev–Trinajstić information content (AvgIpc) is 2.92. The van der Waals surface area contributed by atoms with Crippen molar-refractivity contribution in [3.8, 4) is 0 Å². The van der Waals surface area contributed by atoms with Crippen LogP contribution in [0.2, 0.25) is 5.02 Å². The van der Waals surface area contributed by atoms with Gasteiger partial charge in [-0.2, -0.15) is 0 Å². The second-order valence-corrected chi connectivity index (χ2v) is 9.61. The van der Waals surface area contributed by atoms with E-state index < -0.39 is 17.7 Å². The third kappa shape index (κ3) is 5.82. The van der Waals surface area contributed by atoms with E-state index in [1.54, 1.807) is 12.1 Å². The Labute approximate surface area is 220 Å². The zero-order valence-corrected chi connectivity index (χ0v) is 21.0. The van der Waals surface area contributed by atoms with Crippen molar-refractivity contribution in [3.05, 3.63) is 118 Å². The van der Waals surface area contributed by atoms with Gasteiger partial charge in [0.15, 0.2) is 0 Å². The highest BCUT2D eigenvalue weighted by molar-refractivity contribution is 6.30. The van der Waals surface area contributed by atoms with E-state index in [0.717, 1.165) is 16.3 Å². The second-order valence-electron chi connectivity index (χ2n) is 9.17. The Morgan fingerprint density at radius 3 is 2.22 bits per heavy atom. The van der Waals surface area contributed by atoms with E-state index in [2.05, 4.69) is 4.90 Å². The number of amides is 1. The van der Waals surface area contributed by atoms with Gasteiger partial charge in [-0.3, -0.25) is 9.69 Å². The van der Waals surface area contributed by atoms with Gasteiger partial charge in [0.25, 0.3) is 5.91 Å². The highest BCUT2D eigenvalue weighted by Gasteiger charge is 2.26. The Balaban J connectivity index is 1.26. The van der Waals surface area contributed by atoms with Crippen LogP contribution in [0.5, 0.6) is 0 Å². The molecule has 1 fully saturated rings. The zero-order valence-electron chi connectivity index (χ0n) is 20.2. The molecule has 4 nitrogen and oxygen atoms in total. The van der Waals surface area contributed by atoms with Crippen molar-refractivity contribution in [1.82, 2.24) is 9.80 Å². The van der Waals surface area contributed by atoms with Crippen LogP contribution in [0.4, 0.5) is 8.78 Å². The van der Waals surface area contributed by atoms with E-state index in [0.29, 0.717) is 43.3 Å². The summed E-state index contributed by atoms with van der Waals surface area (Å²) in [7, 11) is 0. The molecule has 0 unspecified atom stereocenters. The Hall–Kier alpha value is -3.32. The fourth-order valence-corrected chi connectivity index (χ4v) is 4.86. The van der Waals surface area contributed by atoms with Gasteiger partial charge in [-0.15, -0.1) is 0 Å². The molecule has 0 aromatic heterocycles. The number of hydrogen-bond acceptors (Lipinski definition) is 3. The molecule has 1 heterocycles. The second kappa shape index (κ2) is 11.4. The highest BCUT2D eigenvalue weighted by Crippen LogP contribution is 2.26. The summed E-state index contributed by atoms with van der Waals surface area (Å²) in [6, 6.07) is 24.8. The first kappa shape index (κ1) is 25.3. The first-order valence-corrected chi connectivity index (χ1v) is 12.7. The average molecular weight is 521 g/mol. The quantitative estimate of drug-likeness (QED) is 0.279. The molecule has 0 radical (unpaired) electrons. The van der Waals surface area contributed by atoms with Gasteiger partial charge >= 0.3 is 0 Å². The molecule has 1 amide bonds. The fourth-order valence-electron chi connectivity index (χ4n) is 4.74. The number of carbonyl (C=O) groups is 1. The minimum Gasteiger partial charge on any atom is -0.367 e. The topological polar surface area (TPSA) is 32.8 Å². The molecule has 4 aromatic carbocycles. The Bertz CT molecular complexity index is 1360. The van der Waals surface area contributed by atoms with Crippen LogP contribution in [0.1, 0.15) is 27.6 Å². The third-order valence-corrected chi connectivity index (χ3v) is 7.09. The van der Waals surface area contributed by atoms with Crippen LogP contribution in [0.15, 0.2) is 84.9 Å². The molecule has 1 aliphatic rings. The minimum absolute atomic E-state index is 0.0250. The molecule has 0 spiro atoms. The Morgan fingerprint density at radius 2 is 1.49 bits per heavy atom.